The average Bonchev–Trinajstić information content (AvgIpc) is 2.69. The zero-order valence-electron chi connectivity index (χ0n) is 8.82. The second-order valence-electron chi connectivity index (χ2n) is 3.37. The lowest BCUT2D eigenvalue weighted by Crippen LogP contribution is -2.02. The number of hydrogen-bond acceptors (Lipinski definition) is 4. The number of anilines is 1. The first-order chi connectivity index (χ1) is 8.16. The van der Waals surface area contributed by atoms with Gasteiger partial charge in [0.2, 0.25) is 5.88 Å². The van der Waals surface area contributed by atoms with Gasteiger partial charge >= 0.3 is 0 Å². The van der Waals surface area contributed by atoms with Crippen LogP contribution in [0.15, 0.2) is 28.8 Å². The summed E-state index contributed by atoms with van der Waals surface area (Å²) in [5, 5.41) is 4.71. The number of halogens is 2. The van der Waals surface area contributed by atoms with Gasteiger partial charge in [-0.25, -0.2) is 0 Å². The Morgan fingerprint density at radius 3 is 2.59 bits per heavy atom. The molecule has 0 saturated carbocycles. The first-order valence-electron chi connectivity index (χ1n) is 4.94. The summed E-state index contributed by atoms with van der Waals surface area (Å²) < 4.78 is 10.2. The van der Waals surface area contributed by atoms with Gasteiger partial charge in [0.25, 0.3) is 0 Å². The van der Waals surface area contributed by atoms with Crippen LogP contribution in [0.2, 0.25) is 10.0 Å². The molecule has 1 heterocycles. The Balaban J connectivity index is 1.94. The molecule has 2 N–H and O–H groups in total. The second-order valence-corrected chi connectivity index (χ2v) is 4.18. The predicted molar refractivity (Wildman–Crippen MR) is 66.6 cm³/mol. The fourth-order valence-electron chi connectivity index (χ4n) is 1.32. The molecule has 17 heavy (non-hydrogen) atoms. The lowest BCUT2D eigenvalue weighted by Gasteiger charge is -2.08. The van der Waals surface area contributed by atoms with Crippen LogP contribution < -0.4 is 10.5 Å². The first-order valence-corrected chi connectivity index (χ1v) is 5.70. The van der Waals surface area contributed by atoms with Gasteiger partial charge in [-0.15, -0.1) is 0 Å². The zero-order chi connectivity index (χ0) is 12.3. The van der Waals surface area contributed by atoms with Crippen molar-refractivity contribution in [3.05, 3.63) is 40.0 Å². The standard InChI is InChI=1S/C11H10Cl2N2O2/c12-8-2-1-3-9(13)11(8)16-5-4-7-6-10(14)17-15-7/h1-3,6H,4-5,14H2. The van der Waals surface area contributed by atoms with Crippen molar-refractivity contribution in [1.29, 1.82) is 0 Å². The monoisotopic (exact) mass is 272 g/mol. The predicted octanol–water partition coefficient (Wildman–Crippen LogP) is 3.19. The third-order valence-electron chi connectivity index (χ3n) is 2.10. The van der Waals surface area contributed by atoms with Crippen molar-refractivity contribution in [2.24, 2.45) is 0 Å². The van der Waals surface area contributed by atoms with E-state index in [0.29, 0.717) is 28.8 Å². The van der Waals surface area contributed by atoms with E-state index in [-0.39, 0.29) is 5.88 Å². The molecule has 6 heteroatoms. The van der Waals surface area contributed by atoms with E-state index >= 15 is 0 Å². The quantitative estimate of drug-likeness (QED) is 0.929. The highest BCUT2D eigenvalue weighted by Crippen LogP contribution is 2.32. The van der Waals surface area contributed by atoms with Gasteiger partial charge in [-0.3, -0.25) is 0 Å². The van der Waals surface area contributed by atoms with Crippen molar-refractivity contribution in [2.75, 3.05) is 12.3 Å². The number of benzene rings is 1. The molecule has 0 amide bonds. The molecule has 0 aliphatic heterocycles. The highest BCUT2D eigenvalue weighted by Gasteiger charge is 2.07. The summed E-state index contributed by atoms with van der Waals surface area (Å²) in [6.45, 7) is 0.398. The number of ether oxygens (including phenoxy) is 1. The van der Waals surface area contributed by atoms with Gasteiger partial charge < -0.3 is 15.0 Å². The van der Waals surface area contributed by atoms with Crippen molar-refractivity contribution in [3.8, 4) is 5.75 Å². The summed E-state index contributed by atoms with van der Waals surface area (Å²) in [5.41, 5.74) is 6.12. The van der Waals surface area contributed by atoms with Crippen LogP contribution in [0.25, 0.3) is 0 Å². The molecule has 0 saturated heterocycles. The van der Waals surface area contributed by atoms with Gasteiger partial charge in [-0.1, -0.05) is 34.4 Å². The van der Waals surface area contributed by atoms with Crippen LogP contribution in [0.3, 0.4) is 0 Å². The Labute approximate surface area is 108 Å². The summed E-state index contributed by atoms with van der Waals surface area (Å²) >= 11 is 11.9. The highest BCUT2D eigenvalue weighted by molar-refractivity contribution is 6.37. The van der Waals surface area contributed by atoms with Crippen molar-refractivity contribution >= 4 is 29.1 Å². The maximum atomic E-state index is 5.95. The largest absolute Gasteiger partial charge is 0.490 e. The number of hydrogen-bond donors (Lipinski definition) is 1. The summed E-state index contributed by atoms with van der Waals surface area (Å²) in [5.74, 6) is 0.767. The minimum absolute atomic E-state index is 0.288. The summed E-state index contributed by atoms with van der Waals surface area (Å²) in [6.07, 6.45) is 0.572. The van der Waals surface area contributed by atoms with Gasteiger partial charge in [0, 0.05) is 12.5 Å². The third-order valence-corrected chi connectivity index (χ3v) is 2.70. The number of para-hydroxylation sites is 1. The lowest BCUT2D eigenvalue weighted by atomic mass is 10.3. The Morgan fingerprint density at radius 1 is 1.29 bits per heavy atom. The molecule has 0 unspecified atom stereocenters. The van der Waals surface area contributed by atoms with Crippen LogP contribution in [-0.4, -0.2) is 11.8 Å². The molecule has 0 aliphatic carbocycles. The van der Waals surface area contributed by atoms with Gasteiger partial charge in [0.05, 0.1) is 22.3 Å². The lowest BCUT2D eigenvalue weighted by molar-refractivity contribution is 0.316. The third kappa shape index (κ3) is 3.05. The Morgan fingerprint density at radius 2 is 2.00 bits per heavy atom. The van der Waals surface area contributed by atoms with Crippen LogP contribution in [0, 0.1) is 0 Å². The fourth-order valence-corrected chi connectivity index (χ4v) is 1.83. The highest BCUT2D eigenvalue weighted by atomic mass is 35.5. The minimum Gasteiger partial charge on any atom is -0.490 e. The Kier molecular flexibility index (Phi) is 3.76. The molecule has 90 valence electrons. The maximum absolute atomic E-state index is 5.95. The molecule has 0 spiro atoms. The molecule has 0 bridgehead atoms. The number of nitrogens with two attached hydrogens (primary N) is 1. The summed E-state index contributed by atoms with van der Waals surface area (Å²) in [4.78, 5) is 0. The van der Waals surface area contributed by atoms with Crippen LogP contribution >= 0.6 is 23.2 Å². The Bertz CT molecular complexity index is 494. The smallest absolute Gasteiger partial charge is 0.222 e. The van der Waals surface area contributed by atoms with Gasteiger partial charge in [0.1, 0.15) is 0 Å². The SMILES string of the molecule is Nc1cc(CCOc2c(Cl)cccc2Cl)no1. The molecule has 0 fully saturated rings. The van der Waals surface area contributed by atoms with Gasteiger partial charge in [-0.2, -0.15) is 0 Å². The zero-order valence-corrected chi connectivity index (χ0v) is 10.3. The van der Waals surface area contributed by atoms with Crippen molar-refractivity contribution in [2.45, 2.75) is 6.42 Å². The number of nitrogens with zero attached hydrogens (tertiary/aromatic N) is 1. The number of aromatic nitrogens is 1. The van der Waals surface area contributed by atoms with E-state index in [0.717, 1.165) is 5.69 Å². The van der Waals surface area contributed by atoms with E-state index in [9.17, 15) is 0 Å². The van der Waals surface area contributed by atoms with Crippen molar-refractivity contribution in [1.82, 2.24) is 5.16 Å². The second kappa shape index (κ2) is 5.29. The van der Waals surface area contributed by atoms with Crippen LogP contribution in [0.1, 0.15) is 5.69 Å². The Hall–Kier alpha value is -1.39. The molecule has 0 radical (unpaired) electrons. The maximum Gasteiger partial charge on any atom is 0.222 e. The number of nitrogen functional groups attached to an aromatic ring is 1. The fraction of sp³-hybridized carbons (Fsp3) is 0.182. The first kappa shape index (κ1) is 12.1. The van der Waals surface area contributed by atoms with E-state index in [4.69, 9.17) is 38.2 Å². The summed E-state index contributed by atoms with van der Waals surface area (Å²) in [7, 11) is 0. The molecule has 1 aromatic carbocycles. The molecule has 0 atom stereocenters. The normalized spacial score (nSPS) is 10.5. The molecule has 1 aromatic heterocycles. The minimum atomic E-state index is 0.288. The van der Waals surface area contributed by atoms with Crippen LogP contribution in [0.4, 0.5) is 5.88 Å². The van der Waals surface area contributed by atoms with E-state index < -0.39 is 0 Å². The molecular formula is C11H10Cl2N2O2. The van der Waals surface area contributed by atoms with E-state index in [1.54, 1.807) is 24.3 Å². The number of rotatable bonds is 4. The average molecular weight is 273 g/mol. The van der Waals surface area contributed by atoms with Gasteiger partial charge in [-0.05, 0) is 12.1 Å². The van der Waals surface area contributed by atoms with Crippen molar-refractivity contribution < 1.29 is 9.26 Å². The molecule has 2 aromatic rings. The van der Waals surface area contributed by atoms with Crippen molar-refractivity contribution in [3.63, 3.8) is 0 Å². The van der Waals surface area contributed by atoms with Crippen LogP contribution in [-0.2, 0) is 6.42 Å². The van der Waals surface area contributed by atoms with E-state index in [1.165, 1.54) is 0 Å². The molecule has 4 nitrogen and oxygen atoms in total. The molecular weight excluding hydrogens is 263 g/mol. The van der Waals surface area contributed by atoms with Crippen LogP contribution in [0.5, 0.6) is 5.75 Å². The van der Waals surface area contributed by atoms with Gasteiger partial charge in [0.15, 0.2) is 5.75 Å². The van der Waals surface area contributed by atoms with E-state index in [2.05, 4.69) is 5.16 Å². The summed E-state index contributed by atoms with van der Waals surface area (Å²) in [6, 6.07) is 6.85. The topological polar surface area (TPSA) is 61.3 Å². The van der Waals surface area contributed by atoms with E-state index in [1.807, 2.05) is 0 Å². The molecule has 2 rings (SSSR count). The molecule has 0 aliphatic rings.